The van der Waals surface area contributed by atoms with Crippen molar-refractivity contribution >= 4 is 22.5 Å². The van der Waals surface area contributed by atoms with E-state index >= 15 is 0 Å². The van der Waals surface area contributed by atoms with E-state index in [1.165, 1.54) is 5.39 Å². The normalized spacial score (nSPS) is 19.7. The summed E-state index contributed by atoms with van der Waals surface area (Å²) < 4.78 is 1.59. The lowest BCUT2D eigenvalue weighted by atomic mass is 9.86. The highest BCUT2D eigenvalue weighted by molar-refractivity contribution is 5.91. The molecule has 1 fully saturated rings. The topological polar surface area (TPSA) is 83.6 Å². The monoisotopic (exact) mass is 387 g/mol. The summed E-state index contributed by atoms with van der Waals surface area (Å²) in [6, 6.07) is 16.3. The third kappa shape index (κ3) is 3.13. The van der Waals surface area contributed by atoms with Gasteiger partial charge in [0.2, 0.25) is 5.82 Å². The number of fused-ring (bicyclic) bond motifs is 2. The molecule has 2 atom stereocenters. The van der Waals surface area contributed by atoms with Gasteiger partial charge in [-0.3, -0.25) is 9.20 Å². The molecule has 2 aromatic heterocycles. The smallest absolute Gasteiger partial charge is 0.292 e. The van der Waals surface area contributed by atoms with Crippen molar-refractivity contribution in [1.29, 1.82) is 0 Å². The average molecular weight is 387 g/mol. The molecule has 2 aromatic carbocycles. The predicted octanol–water partition coefficient (Wildman–Crippen LogP) is 2.58. The molecule has 1 amide bonds. The first-order valence-corrected chi connectivity index (χ1v) is 9.74. The molecule has 0 spiro atoms. The third-order valence-electron chi connectivity index (χ3n) is 5.68. The first kappa shape index (κ1) is 17.8. The standard InChI is InChI=1S/C22H21N5O2/c1-14-8-11-27-20(24-25-22(27)23-14)21(29)26-10-9-18(19(28)13-26)17-7-6-15-4-2-3-5-16(15)12-17/h2-8,11-12,18-19,28H,9-10,13H2,1H3/t18-,19+/m0/s1. The Labute approximate surface area is 167 Å². The number of benzene rings is 2. The van der Waals surface area contributed by atoms with Gasteiger partial charge in [0.25, 0.3) is 11.7 Å². The van der Waals surface area contributed by atoms with E-state index in [0.717, 1.165) is 16.6 Å². The lowest BCUT2D eigenvalue weighted by molar-refractivity contribution is 0.0372. The van der Waals surface area contributed by atoms with Gasteiger partial charge in [-0.25, -0.2) is 4.98 Å². The number of hydrogen-bond donors (Lipinski definition) is 1. The van der Waals surface area contributed by atoms with Gasteiger partial charge in [-0.05, 0) is 35.7 Å². The Kier molecular flexibility index (Phi) is 4.24. The number of carbonyl (C=O) groups is 1. The van der Waals surface area contributed by atoms with Crippen LogP contribution >= 0.6 is 0 Å². The summed E-state index contributed by atoms with van der Waals surface area (Å²) in [6.45, 7) is 2.69. The summed E-state index contributed by atoms with van der Waals surface area (Å²) in [5.41, 5.74) is 1.92. The summed E-state index contributed by atoms with van der Waals surface area (Å²) in [7, 11) is 0. The number of carbonyl (C=O) groups excluding carboxylic acids is 1. The van der Waals surface area contributed by atoms with Crippen molar-refractivity contribution in [2.45, 2.75) is 25.4 Å². The molecule has 1 aliphatic rings. The molecule has 1 aliphatic heterocycles. The molecule has 146 valence electrons. The molecule has 0 bridgehead atoms. The van der Waals surface area contributed by atoms with Crippen LogP contribution in [0.4, 0.5) is 0 Å². The number of hydrogen-bond acceptors (Lipinski definition) is 5. The van der Waals surface area contributed by atoms with Crippen LogP contribution in [0, 0.1) is 6.92 Å². The van der Waals surface area contributed by atoms with E-state index in [1.807, 2.05) is 25.1 Å². The molecule has 1 saturated heterocycles. The van der Waals surface area contributed by atoms with Gasteiger partial charge in [0, 0.05) is 30.9 Å². The summed E-state index contributed by atoms with van der Waals surface area (Å²) in [5.74, 6) is 0.395. The highest BCUT2D eigenvalue weighted by Crippen LogP contribution is 2.31. The maximum atomic E-state index is 13.0. The lowest BCUT2D eigenvalue weighted by Gasteiger charge is -2.36. The highest BCUT2D eigenvalue weighted by Gasteiger charge is 2.33. The highest BCUT2D eigenvalue weighted by atomic mass is 16.3. The van der Waals surface area contributed by atoms with E-state index in [9.17, 15) is 9.90 Å². The predicted molar refractivity (Wildman–Crippen MR) is 109 cm³/mol. The SMILES string of the molecule is Cc1ccn2c(C(=O)N3CC[C@@H](c4ccc5ccccc5c4)[C@H](O)C3)nnc2n1. The van der Waals surface area contributed by atoms with Gasteiger partial charge in [-0.2, -0.15) is 0 Å². The van der Waals surface area contributed by atoms with Crippen LogP contribution < -0.4 is 0 Å². The number of rotatable bonds is 2. The van der Waals surface area contributed by atoms with Crippen molar-refractivity contribution in [2.24, 2.45) is 0 Å². The zero-order valence-electron chi connectivity index (χ0n) is 16.1. The van der Waals surface area contributed by atoms with Crippen LogP contribution in [-0.4, -0.2) is 54.7 Å². The number of aromatic nitrogens is 4. The van der Waals surface area contributed by atoms with Crippen molar-refractivity contribution in [3.05, 3.63) is 71.8 Å². The van der Waals surface area contributed by atoms with Crippen LogP contribution in [0.2, 0.25) is 0 Å². The molecule has 4 aromatic rings. The van der Waals surface area contributed by atoms with E-state index in [2.05, 4.69) is 45.5 Å². The van der Waals surface area contributed by atoms with Gasteiger partial charge in [0.05, 0.1) is 6.10 Å². The molecule has 0 aliphatic carbocycles. The van der Waals surface area contributed by atoms with Gasteiger partial charge >= 0.3 is 0 Å². The number of aliphatic hydroxyl groups is 1. The minimum absolute atomic E-state index is 0.00289. The Bertz CT molecular complexity index is 1220. The molecule has 3 heterocycles. The molecule has 1 N–H and O–H groups in total. The molecule has 7 heteroatoms. The molecular weight excluding hydrogens is 366 g/mol. The van der Waals surface area contributed by atoms with Crippen LogP contribution in [-0.2, 0) is 0 Å². The van der Waals surface area contributed by atoms with Crippen LogP contribution in [0.1, 0.15) is 34.2 Å². The molecule has 5 rings (SSSR count). The second-order valence-electron chi connectivity index (χ2n) is 7.58. The van der Waals surface area contributed by atoms with Crippen molar-refractivity contribution in [3.8, 4) is 0 Å². The van der Waals surface area contributed by atoms with Crippen LogP contribution in [0.25, 0.3) is 16.6 Å². The average Bonchev–Trinajstić information content (AvgIpc) is 3.15. The van der Waals surface area contributed by atoms with E-state index in [-0.39, 0.29) is 24.2 Å². The van der Waals surface area contributed by atoms with Crippen LogP contribution in [0.15, 0.2) is 54.7 Å². The van der Waals surface area contributed by atoms with Crippen LogP contribution in [0.3, 0.4) is 0 Å². The number of β-amino-alcohol motifs (C(OH)–C–C–N with tert-alkyl or cyclic N) is 1. The first-order valence-electron chi connectivity index (χ1n) is 9.74. The second kappa shape index (κ2) is 6.93. The summed E-state index contributed by atoms with van der Waals surface area (Å²) in [4.78, 5) is 18.9. The second-order valence-corrected chi connectivity index (χ2v) is 7.58. The number of likely N-dealkylation sites (tertiary alicyclic amines) is 1. The molecule has 0 saturated carbocycles. The third-order valence-corrected chi connectivity index (χ3v) is 5.68. The summed E-state index contributed by atoms with van der Waals surface area (Å²) in [6.07, 6.45) is 1.82. The van der Waals surface area contributed by atoms with Gasteiger partial charge in [0.15, 0.2) is 0 Å². The van der Waals surface area contributed by atoms with Gasteiger partial charge < -0.3 is 10.0 Å². The maximum Gasteiger partial charge on any atom is 0.292 e. The number of piperidine rings is 1. The summed E-state index contributed by atoms with van der Waals surface area (Å²) in [5, 5.41) is 21.2. The lowest BCUT2D eigenvalue weighted by Crippen LogP contribution is -2.46. The Hall–Kier alpha value is -3.32. The van der Waals surface area contributed by atoms with Crippen molar-refractivity contribution in [3.63, 3.8) is 0 Å². The Morgan fingerprint density at radius 2 is 1.93 bits per heavy atom. The largest absolute Gasteiger partial charge is 0.391 e. The van der Waals surface area contributed by atoms with Gasteiger partial charge in [-0.1, -0.05) is 42.5 Å². The van der Waals surface area contributed by atoms with E-state index < -0.39 is 6.10 Å². The van der Waals surface area contributed by atoms with Crippen LogP contribution in [0.5, 0.6) is 0 Å². The Balaban J connectivity index is 1.36. The Morgan fingerprint density at radius 1 is 1.10 bits per heavy atom. The number of aryl methyl sites for hydroxylation is 1. The summed E-state index contributed by atoms with van der Waals surface area (Å²) >= 11 is 0. The minimum atomic E-state index is -0.631. The zero-order chi connectivity index (χ0) is 20.0. The molecular formula is C22H21N5O2. The number of aliphatic hydroxyl groups excluding tert-OH is 1. The number of nitrogens with zero attached hydrogens (tertiary/aromatic N) is 5. The van der Waals surface area contributed by atoms with Crippen molar-refractivity contribution < 1.29 is 9.90 Å². The maximum absolute atomic E-state index is 13.0. The fourth-order valence-corrected chi connectivity index (χ4v) is 4.10. The fraction of sp³-hybridized carbons (Fsp3) is 0.273. The van der Waals surface area contributed by atoms with Gasteiger partial charge in [0.1, 0.15) is 0 Å². The molecule has 29 heavy (non-hydrogen) atoms. The number of amides is 1. The Morgan fingerprint density at radius 3 is 2.76 bits per heavy atom. The molecule has 7 nitrogen and oxygen atoms in total. The van der Waals surface area contributed by atoms with Crippen molar-refractivity contribution in [2.75, 3.05) is 13.1 Å². The van der Waals surface area contributed by atoms with Crippen molar-refractivity contribution in [1.82, 2.24) is 24.5 Å². The molecule has 0 unspecified atom stereocenters. The van der Waals surface area contributed by atoms with E-state index in [1.54, 1.807) is 15.5 Å². The van der Waals surface area contributed by atoms with Gasteiger partial charge in [-0.15, -0.1) is 10.2 Å². The van der Waals surface area contributed by atoms with E-state index in [4.69, 9.17) is 0 Å². The van der Waals surface area contributed by atoms with E-state index in [0.29, 0.717) is 18.7 Å². The minimum Gasteiger partial charge on any atom is -0.391 e. The zero-order valence-corrected chi connectivity index (χ0v) is 16.1. The quantitative estimate of drug-likeness (QED) is 0.572. The fourth-order valence-electron chi connectivity index (χ4n) is 4.10. The first-order chi connectivity index (χ1) is 14.1. The molecule has 0 radical (unpaired) electrons.